The molecule has 3 unspecified atom stereocenters. The quantitative estimate of drug-likeness (QED) is 0.811. The maximum atomic E-state index is 12.8. The number of rotatable bonds is 4. The van der Waals surface area contributed by atoms with Crippen LogP contribution < -0.4 is 11.1 Å². The molecule has 5 nitrogen and oxygen atoms in total. The van der Waals surface area contributed by atoms with Gasteiger partial charge in [-0.15, -0.1) is 0 Å². The van der Waals surface area contributed by atoms with Crippen molar-refractivity contribution in [2.24, 2.45) is 29.4 Å². The molecule has 0 spiro atoms. The summed E-state index contributed by atoms with van der Waals surface area (Å²) in [4.78, 5) is 15.3. The number of nitrogens with one attached hydrogen (secondary N) is 1. The first-order chi connectivity index (χ1) is 12.2. The van der Waals surface area contributed by atoms with Gasteiger partial charge >= 0.3 is 0 Å². The molecule has 2 aliphatic heterocycles. The molecule has 3 atom stereocenters. The van der Waals surface area contributed by atoms with Crippen LogP contribution in [0.3, 0.4) is 0 Å². The highest BCUT2D eigenvalue weighted by Crippen LogP contribution is 2.42. The number of fused-ring (bicyclic) bond motifs is 2. The van der Waals surface area contributed by atoms with Crippen molar-refractivity contribution in [2.75, 3.05) is 32.8 Å². The molecular weight excluding hydrogens is 314 g/mol. The Labute approximate surface area is 152 Å². The molecule has 2 bridgehead atoms. The number of hydrogen-bond acceptors (Lipinski definition) is 4. The Bertz CT molecular complexity index is 444. The molecule has 2 aliphatic carbocycles. The summed E-state index contributed by atoms with van der Waals surface area (Å²) in [7, 11) is 0. The number of hydrogen-bond donors (Lipinski definition) is 2. The van der Waals surface area contributed by atoms with Gasteiger partial charge in [0.25, 0.3) is 0 Å². The standard InChI is InChI=1S/C20H35N3O2/c21-19-15-2-1-3-16(19)11-17(10-15)20(24)22-18-4-7-23(8-5-18)12-14-6-9-25-13-14/h14-19H,1-13,21H2,(H,22,24). The van der Waals surface area contributed by atoms with E-state index < -0.39 is 0 Å². The Morgan fingerprint density at radius 2 is 1.80 bits per heavy atom. The zero-order valence-corrected chi connectivity index (χ0v) is 15.5. The Balaban J connectivity index is 1.21. The van der Waals surface area contributed by atoms with Gasteiger partial charge in [0.15, 0.2) is 0 Å². The van der Waals surface area contributed by atoms with E-state index in [2.05, 4.69) is 10.2 Å². The lowest BCUT2D eigenvalue weighted by atomic mass is 9.65. The Morgan fingerprint density at radius 3 is 2.44 bits per heavy atom. The summed E-state index contributed by atoms with van der Waals surface area (Å²) < 4.78 is 5.49. The van der Waals surface area contributed by atoms with Crippen molar-refractivity contribution in [2.45, 2.75) is 63.5 Å². The summed E-state index contributed by atoms with van der Waals surface area (Å²) in [5, 5.41) is 3.38. The van der Waals surface area contributed by atoms with E-state index in [1.165, 1.54) is 32.2 Å². The molecule has 2 saturated heterocycles. The van der Waals surface area contributed by atoms with E-state index >= 15 is 0 Å². The predicted octanol–water partition coefficient (Wildman–Crippen LogP) is 1.76. The van der Waals surface area contributed by atoms with E-state index in [4.69, 9.17) is 10.5 Å². The Kier molecular flexibility index (Phi) is 5.63. The normalized spacial score (nSPS) is 40.1. The molecule has 4 aliphatic rings. The molecule has 3 N–H and O–H groups in total. The van der Waals surface area contributed by atoms with E-state index in [1.807, 2.05) is 0 Å². The van der Waals surface area contributed by atoms with Crippen LogP contribution in [0.15, 0.2) is 0 Å². The number of nitrogens with two attached hydrogens (primary N) is 1. The minimum atomic E-state index is 0.212. The predicted molar refractivity (Wildman–Crippen MR) is 98.1 cm³/mol. The van der Waals surface area contributed by atoms with Crippen LogP contribution in [0.1, 0.15) is 51.4 Å². The van der Waals surface area contributed by atoms with Crippen LogP contribution in [0.2, 0.25) is 0 Å². The average molecular weight is 350 g/mol. The first-order valence-corrected chi connectivity index (χ1v) is 10.5. The van der Waals surface area contributed by atoms with Crippen molar-refractivity contribution in [1.29, 1.82) is 0 Å². The molecule has 5 heteroatoms. The number of piperidine rings is 1. The fraction of sp³-hybridized carbons (Fsp3) is 0.950. The van der Waals surface area contributed by atoms with Crippen LogP contribution in [0, 0.1) is 23.7 Å². The first kappa shape index (κ1) is 17.7. The molecular formula is C20H35N3O2. The highest BCUT2D eigenvalue weighted by molar-refractivity contribution is 5.79. The van der Waals surface area contributed by atoms with Gasteiger partial charge in [-0.25, -0.2) is 0 Å². The molecule has 142 valence electrons. The van der Waals surface area contributed by atoms with E-state index in [0.717, 1.165) is 57.9 Å². The van der Waals surface area contributed by atoms with E-state index in [9.17, 15) is 4.79 Å². The zero-order chi connectivity index (χ0) is 17.2. The van der Waals surface area contributed by atoms with Gasteiger partial charge in [0.05, 0.1) is 6.61 Å². The maximum Gasteiger partial charge on any atom is 0.223 e. The Hall–Kier alpha value is -0.650. The summed E-state index contributed by atoms with van der Waals surface area (Å²) in [6.45, 7) is 5.27. The number of likely N-dealkylation sites (tertiary alicyclic amines) is 1. The highest BCUT2D eigenvalue weighted by atomic mass is 16.5. The Morgan fingerprint density at radius 1 is 1.08 bits per heavy atom. The average Bonchev–Trinajstić information content (AvgIpc) is 3.09. The lowest BCUT2D eigenvalue weighted by molar-refractivity contribution is -0.129. The number of nitrogens with zero attached hydrogens (tertiary/aromatic N) is 1. The van der Waals surface area contributed by atoms with Crippen molar-refractivity contribution in [1.82, 2.24) is 10.2 Å². The van der Waals surface area contributed by atoms with Crippen molar-refractivity contribution in [3.8, 4) is 0 Å². The van der Waals surface area contributed by atoms with E-state index in [-0.39, 0.29) is 5.92 Å². The number of carbonyl (C=O) groups is 1. The van der Waals surface area contributed by atoms with Gasteiger partial charge in [-0.05, 0) is 62.7 Å². The van der Waals surface area contributed by atoms with Crippen LogP contribution in [-0.2, 0) is 9.53 Å². The lowest BCUT2D eigenvalue weighted by Gasteiger charge is -2.44. The van der Waals surface area contributed by atoms with Gasteiger partial charge < -0.3 is 20.7 Å². The largest absolute Gasteiger partial charge is 0.381 e. The minimum Gasteiger partial charge on any atom is -0.381 e. The third kappa shape index (κ3) is 4.20. The number of carbonyl (C=O) groups excluding carboxylic acids is 1. The van der Waals surface area contributed by atoms with Crippen molar-refractivity contribution in [3.05, 3.63) is 0 Å². The topological polar surface area (TPSA) is 67.6 Å². The third-order valence-electron chi connectivity index (χ3n) is 7.26. The highest BCUT2D eigenvalue weighted by Gasteiger charge is 2.40. The SMILES string of the molecule is NC1C2CCCC1CC(C(=O)NC1CCN(CC3CCOC3)CC1)C2. The summed E-state index contributed by atoms with van der Waals surface area (Å²) in [6.07, 6.45) is 9.20. The molecule has 25 heavy (non-hydrogen) atoms. The zero-order valence-electron chi connectivity index (χ0n) is 15.5. The third-order valence-corrected chi connectivity index (χ3v) is 7.26. The second-order valence-corrected chi connectivity index (χ2v) is 9.01. The second-order valence-electron chi connectivity index (χ2n) is 9.01. The van der Waals surface area contributed by atoms with Crippen molar-refractivity contribution >= 4 is 5.91 Å². The monoisotopic (exact) mass is 349 g/mol. The maximum absolute atomic E-state index is 12.8. The molecule has 0 aromatic heterocycles. The van der Waals surface area contributed by atoms with Gasteiger partial charge in [0.2, 0.25) is 5.91 Å². The smallest absolute Gasteiger partial charge is 0.223 e. The molecule has 0 radical (unpaired) electrons. The van der Waals surface area contributed by atoms with Crippen LogP contribution in [0.4, 0.5) is 0 Å². The van der Waals surface area contributed by atoms with Crippen LogP contribution in [0.25, 0.3) is 0 Å². The fourth-order valence-corrected chi connectivity index (χ4v) is 5.67. The minimum absolute atomic E-state index is 0.212. The molecule has 2 heterocycles. The number of amides is 1. The second kappa shape index (κ2) is 7.93. The van der Waals surface area contributed by atoms with E-state index in [1.54, 1.807) is 0 Å². The van der Waals surface area contributed by atoms with Gasteiger partial charge in [0.1, 0.15) is 0 Å². The number of ether oxygens (including phenoxy) is 1. The summed E-state index contributed by atoms with van der Waals surface area (Å²) in [6, 6.07) is 0.722. The lowest BCUT2D eigenvalue weighted by Crippen LogP contribution is -2.51. The van der Waals surface area contributed by atoms with Crippen LogP contribution >= 0.6 is 0 Å². The van der Waals surface area contributed by atoms with Gasteiger partial charge in [-0.2, -0.15) is 0 Å². The summed E-state index contributed by atoms with van der Waals surface area (Å²) in [5.74, 6) is 2.41. The van der Waals surface area contributed by atoms with Gasteiger partial charge in [0, 0.05) is 44.2 Å². The molecule has 2 saturated carbocycles. The fourth-order valence-electron chi connectivity index (χ4n) is 5.67. The molecule has 4 rings (SSSR count). The van der Waals surface area contributed by atoms with Crippen LogP contribution in [0.5, 0.6) is 0 Å². The molecule has 4 fully saturated rings. The summed E-state index contributed by atoms with van der Waals surface area (Å²) in [5.41, 5.74) is 6.37. The van der Waals surface area contributed by atoms with Gasteiger partial charge in [-0.3, -0.25) is 4.79 Å². The molecule has 1 amide bonds. The summed E-state index contributed by atoms with van der Waals surface area (Å²) >= 11 is 0. The van der Waals surface area contributed by atoms with Crippen molar-refractivity contribution < 1.29 is 9.53 Å². The van der Waals surface area contributed by atoms with Gasteiger partial charge in [-0.1, -0.05) is 6.42 Å². The van der Waals surface area contributed by atoms with E-state index in [0.29, 0.717) is 29.8 Å². The van der Waals surface area contributed by atoms with Crippen LogP contribution in [-0.4, -0.2) is 55.7 Å². The first-order valence-electron chi connectivity index (χ1n) is 10.5. The molecule has 0 aromatic carbocycles. The van der Waals surface area contributed by atoms with Crippen molar-refractivity contribution in [3.63, 3.8) is 0 Å². The molecule has 0 aromatic rings.